The van der Waals surface area contributed by atoms with Crippen molar-refractivity contribution in [2.45, 2.75) is 52.2 Å². The second kappa shape index (κ2) is 4.82. The Kier molecular flexibility index (Phi) is 3.30. The van der Waals surface area contributed by atoms with Gasteiger partial charge in [-0.15, -0.1) is 0 Å². The van der Waals surface area contributed by atoms with Crippen LogP contribution in [0.4, 0.5) is 5.69 Å². The zero-order valence-electron chi connectivity index (χ0n) is 12.3. The minimum Gasteiger partial charge on any atom is -0.381 e. The topological polar surface area (TPSA) is 21.3 Å². The predicted molar refractivity (Wildman–Crippen MR) is 79.5 cm³/mol. The molecule has 0 bridgehead atoms. The van der Waals surface area contributed by atoms with Crippen molar-refractivity contribution in [2.24, 2.45) is 11.3 Å². The molecule has 1 heterocycles. The van der Waals surface area contributed by atoms with E-state index in [0.717, 1.165) is 13.0 Å². The molecule has 0 radical (unpaired) electrons. The van der Waals surface area contributed by atoms with Crippen molar-refractivity contribution < 1.29 is 4.74 Å². The molecule has 0 amide bonds. The minimum atomic E-state index is 0.250. The van der Waals surface area contributed by atoms with Gasteiger partial charge in [-0.2, -0.15) is 0 Å². The normalized spacial score (nSPS) is 31.6. The number of benzene rings is 1. The van der Waals surface area contributed by atoms with Crippen LogP contribution in [0.15, 0.2) is 24.3 Å². The van der Waals surface area contributed by atoms with Gasteiger partial charge in [-0.05, 0) is 24.5 Å². The predicted octanol–water partition coefficient (Wildman–Crippen LogP) is 3.86. The first kappa shape index (κ1) is 13.0. The van der Waals surface area contributed by atoms with Gasteiger partial charge >= 0.3 is 0 Å². The first-order valence-corrected chi connectivity index (χ1v) is 7.60. The molecule has 0 aromatic heterocycles. The summed E-state index contributed by atoms with van der Waals surface area (Å²) >= 11 is 0. The fraction of sp³-hybridized carbons (Fsp3) is 0.647. The van der Waals surface area contributed by atoms with Gasteiger partial charge in [0.15, 0.2) is 0 Å². The molecular weight excluding hydrogens is 234 g/mol. The third-order valence-electron chi connectivity index (χ3n) is 4.95. The Hall–Kier alpha value is -1.02. The molecule has 0 spiro atoms. The number of anilines is 1. The number of aryl methyl sites for hydroxylation is 1. The molecule has 1 aliphatic carbocycles. The van der Waals surface area contributed by atoms with E-state index in [4.69, 9.17) is 4.74 Å². The van der Waals surface area contributed by atoms with Gasteiger partial charge in [0.1, 0.15) is 0 Å². The van der Waals surface area contributed by atoms with Crippen molar-refractivity contribution in [3.05, 3.63) is 29.8 Å². The van der Waals surface area contributed by atoms with Crippen LogP contribution in [0, 0.1) is 11.3 Å². The summed E-state index contributed by atoms with van der Waals surface area (Å²) in [5.74, 6) is 0.699. The highest BCUT2D eigenvalue weighted by Gasteiger charge is 2.59. The van der Waals surface area contributed by atoms with Gasteiger partial charge in [0.25, 0.3) is 0 Å². The molecule has 104 valence electrons. The Morgan fingerprint density at radius 1 is 1.32 bits per heavy atom. The van der Waals surface area contributed by atoms with Crippen molar-refractivity contribution in [3.8, 4) is 0 Å². The molecule has 2 aliphatic rings. The maximum absolute atomic E-state index is 5.87. The number of ether oxygens (including phenoxy) is 1. The molecule has 2 nitrogen and oxygen atoms in total. The van der Waals surface area contributed by atoms with Gasteiger partial charge in [0.2, 0.25) is 0 Å². The van der Waals surface area contributed by atoms with Crippen molar-refractivity contribution in [1.29, 1.82) is 0 Å². The number of hydrogen-bond donors (Lipinski definition) is 1. The molecule has 3 atom stereocenters. The summed E-state index contributed by atoms with van der Waals surface area (Å²) in [6.45, 7) is 7.84. The molecule has 1 saturated heterocycles. The van der Waals surface area contributed by atoms with E-state index >= 15 is 0 Å². The summed E-state index contributed by atoms with van der Waals surface area (Å²) in [4.78, 5) is 0. The van der Waals surface area contributed by atoms with Crippen LogP contribution in [0.5, 0.6) is 0 Å². The highest BCUT2D eigenvalue weighted by Crippen LogP contribution is 2.53. The zero-order valence-corrected chi connectivity index (χ0v) is 12.3. The maximum atomic E-state index is 5.87. The summed E-state index contributed by atoms with van der Waals surface area (Å²) in [6.07, 6.45) is 4.02. The number of para-hydroxylation sites is 1. The first-order valence-electron chi connectivity index (χ1n) is 7.60. The molecule has 1 saturated carbocycles. The average Bonchev–Trinajstić information content (AvgIpc) is 2.85. The molecule has 2 fully saturated rings. The van der Waals surface area contributed by atoms with Crippen LogP contribution in [0.3, 0.4) is 0 Å². The van der Waals surface area contributed by atoms with E-state index < -0.39 is 0 Å². The highest BCUT2D eigenvalue weighted by atomic mass is 16.5. The first-order chi connectivity index (χ1) is 9.14. The molecule has 1 aromatic rings. The molecule has 19 heavy (non-hydrogen) atoms. The van der Waals surface area contributed by atoms with E-state index in [1.165, 1.54) is 24.1 Å². The Bertz CT molecular complexity index is 454. The molecule has 3 unspecified atom stereocenters. The van der Waals surface area contributed by atoms with Crippen LogP contribution in [0.25, 0.3) is 0 Å². The smallest absolute Gasteiger partial charge is 0.0694 e. The van der Waals surface area contributed by atoms with Crippen LogP contribution in [-0.2, 0) is 11.2 Å². The molecule has 1 N–H and O–H groups in total. The van der Waals surface area contributed by atoms with Crippen LogP contribution < -0.4 is 5.32 Å². The van der Waals surface area contributed by atoms with Crippen LogP contribution in [0.1, 0.15) is 39.2 Å². The van der Waals surface area contributed by atoms with E-state index in [1.54, 1.807) is 0 Å². The summed E-state index contributed by atoms with van der Waals surface area (Å²) < 4.78 is 5.87. The molecule has 3 rings (SSSR count). The Morgan fingerprint density at radius 2 is 2.11 bits per heavy atom. The van der Waals surface area contributed by atoms with E-state index in [0.29, 0.717) is 18.1 Å². The van der Waals surface area contributed by atoms with Gasteiger partial charge in [0, 0.05) is 29.7 Å². The van der Waals surface area contributed by atoms with E-state index in [2.05, 4.69) is 50.4 Å². The summed E-state index contributed by atoms with van der Waals surface area (Å²) in [7, 11) is 0. The maximum Gasteiger partial charge on any atom is 0.0694 e. The third kappa shape index (κ3) is 2.06. The second-order valence-electron chi connectivity index (χ2n) is 6.59. The fourth-order valence-electron chi connectivity index (χ4n) is 3.93. The lowest BCUT2D eigenvalue weighted by Crippen LogP contribution is -2.63. The lowest BCUT2D eigenvalue weighted by atomic mass is 9.57. The fourth-order valence-corrected chi connectivity index (χ4v) is 3.93. The minimum absolute atomic E-state index is 0.250. The number of fused-ring (bicyclic) bond motifs is 1. The van der Waals surface area contributed by atoms with E-state index in [1.807, 2.05) is 0 Å². The number of nitrogens with one attached hydrogen (secondary N) is 1. The van der Waals surface area contributed by atoms with Crippen molar-refractivity contribution >= 4 is 5.69 Å². The van der Waals surface area contributed by atoms with Crippen molar-refractivity contribution in [3.63, 3.8) is 0 Å². The van der Waals surface area contributed by atoms with Crippen molar-refractivity contribution in [2.75, 3.05) is 11.9 Å². The lowest BCUT2D eigenvalue weighted by molar-refractivity contribution is -0.0923. The van der Waals surface area contributed by atoms with Gasteiger partial charge in [0.05, 0.1) is 6.10 Å². The van der Waals surface area contributed by atoms with E-state index in [-0.39, 0.29) is 5.41 Å². The summed E-state index contributed by atoms with van der Waals surface area (Å²) in [5, 5.41) is 3.81. The van der Waals surface area contributed by atoms with Crippen LogP contribution in [-0.4, -0.2) is 18.8 Å². The van der Waals surface area contributed by atoms with Gasteiger partial charge in [-0.1, -0.05) is 45.4 Å². The largest absolute Gasteiger partial charge is 0.381 e. The molecule has 2 heteroatoms. The monoisotopic (exact) mass is 259 g/mol. The van der Waals surface area contributed by atoms with Crippen LogP contribution >= 0.6 is 0 Å². The Balaban J connectivity index is 1.78. The summed E-state index contributed by atoms with van der Waals surface area (Å²) in [6, 6.07) is 9.31. The third-order valence-corrected chi connectivity index (χ3v) is 4.95. The Labute approximate surface area is 116 Å². The van der Waals surface area contributed by atoms with E-state index in [9.17, 15) is 0 Å². The number of hydrogen-bond acceptors (Lipinski definition) is 2. The zero-order chi connectivity index (χ0) is 13.5. The molecule has 1 aliphatic heterocycles. The lowest BCUT2D eigenvalue weighted by Gasteiger charge is -2.55. The van der Waals surface area contributed by atoms with Gasteiger partial charge in [-0.25, -0.2) is 0 Å². The quantitative estimate of drug-likeness (QED) is 0.886. The summed E-state index contributed by atoms with van der Waals surface area (Å²) in [5.41, 5.74) is 3.02. The number of rotatable bonds is 4. The second-order valence-corrected chi connectivity index (χ2v) is 6.59. The SMILES string of the molecule is CCCc1ccccc1NC1C2CCOC2C1(C)C. The van der Waals surface area contributed by atoms with Gasteiger partial charge < -0.3 is 10.1 Å². The standard InChI is InChI=1S/C17H25NO/c1-4-7-12-8-5-6-9-14(12)18-15-13-10-11-19-16(13)17(15,2)3/h5-6,8-9,13,15-16,18H,4,7,10-11H2,1-3H3. The highest BCUT2D eigenvalue weighted by molar-refractivity contribution is 5.53. The van der Waals surface area contributed by atoms with Crippen molar-refractivity contribution in [1.82, 2.24) is 0 Å². The van der Waals surface area contributed by atoms with Crippen LogP contribution in [0.2, 0.25) is 0 Å². The van der Waals surface area contributed by atoms with Gasteiger partial charge in [-0.3, -0.25) is 0 Å². The molecule has 1 aromatic carbocycles. The molecular formula is C17H25NO. The Morgan fingerprint density at radius 3 is 2.89 bits per heavy atom. The average molecular weight is 259 g/mol.